The van der Waals surface area contributed by atoms with Gasteiger partial charge in [-0.15, -0.1) is 0 Å². The molecule has 1 aliphatic heterocycles. The molecule has 2 N–H and O–H groups in total. The van der Waals surface area contributed by atoms with Crippen LogP contribution in [-0.4, -0.2) is 26.4 Å². The van der Waals surface area contributed by atoms with Gasteiger partial charge >= 0.3 is 6.09 Å². The third-order valence-corrected chi connectivity index (χ3v) is 3.23. The van der Waals surface area contributed by atoms with Gasteiger partial charge in [0.2, 0.25) is 0 Å². The van der Waals surface area contributed by atoms with Crippen LogP contribution in [-0.2, 0) is 24.4 Å². The molecule has 0 aliphatic carbocycles. The third kappa shape index (κ3) is 2.80. The lowest BCUT2D eigenvalue weighted by atomic mass is 10.2. The molecule has 0 bridgehead atoms. The number of aromatic nitrogens is 2. The first-order chi connectivity index (χ1) is 9.23. The monoisotopic (exact) mass is 280 g/mol. The number of amides is 1. The molecule has 6 nitrogen and oxygen atoms in total. The van der Waals surface area contributed by atoms with Crippen LogP contribution in [0.25, 0.3) is 0 Å². The molecule has 0 unspecified atom stereocenters. The van der Waals surface area contributed by atoms with Gasteiger partial charge in [-0.25, -0.2) is 4.79 Å². The van der Waals surface area contributed by atoms with E-state index in [0.717, 1.165) is 17.0 Å². The number of hydrogen-bond donors (Lipinski definition) is 1. The zero-order chi connectivity index (χ0) is 15.1. The summed E-state index contributed by atoms with van der Waals surface area (Å²) in [6.07, 6.45) is -0.285. The van der Waals surface area contributed by atoms with Crippen molar-refractivity contribution >= 4 is 6.09 Å². The van der Waals surface area contributed by atoms with Crippen molar-refractivity contribution in [3.05, 3.63) is 17.0 Å². The molecule has 0 spiro atoms. The van der Waals surface area contributed by atoms with Crippen molar-refractivity contribution in [1.82, 2.24) is 14.7 Å². The molecule has 0 radical (unpaired) electrons. The summed E-state index contributed by atoms with van der Waals surface area (Å²) in [6, 6.07) is 0.252. The van der Waals surface area contributed by atoms with Crippen molar-refractivity contribution in [2.45, 2.75) is 65.9 Å². The molecule has 1 aliphatic rings. The number of fused-ring (bicyclic) bond motifs is 1. The highest BCUT2D eigenvalue weighted by atomic mass is 16.6. The lowest BCUT2D eigenvalue weighted by Crippen LogP contribution is -2.34. The van der Waals surface area contributed by atoms with E-state index in [1.807, 2.05) is 25.5 Å². The Morgan fingerprint density at radius 2 is 2.05 bits per heavy atom. The number of nitrogens with two attached hydrogens (primary N) is 1. The van der Waals surface area contributed by atoms with Crippen LogP contribution in [0, 0.1) is 0 Å². The minimum Gasteiger partial charge on any atom is -0.444 e. The van der Waals surface area contributed by atoms with Crippen molar-refractivity contribution in [1.29, 1.82) is 0 Å². The quantitative estimate of drug-likeness (QED) is 0.901. The molecule has 0 atom stereocenters. The maximum absolute atomic E-state index is 12.2. The van der Waals surface area contributed by atoms with Gasteiger partial charge in [0.05, 0.1) is 24.5 Å². The normalized spacial score (nSPS) is 14.8. The molecule has 1 amide bonds. The molecule has 6 heteroatoms. The van der Waals surface area contributed by atoms with E-state index in [1.165, 1.54) is 0 Å². The summed E-state index contributed by atoms with van der Waals surface area (Å²) >= 11 is 0. The number of ether oxygens (including phenoxy) is 1. The minimum atomic E-state index is -0.480. The van der Waals surface area contributed by atoms with E-state index < -0.39 is 5.60 Å². The molecule has 1 aromatic rings. The second kappa shape index (κ2) is 5.09. The Balaban J connectivity index is 2.20. The van der Waals surface area contributed by atoms with Crippen LogP contribution < -0.4 is 5.73 Å². The second-order valence-corrected chi connectivity index (χ2v) is 6.45. The van der Waals surface area contributed by atoms with Crippen LogP contribution in [0.4, 0.5) is 4.79 Å². The zero-order valence-corrected chi connectivity index (χ0v) is 12.9. The Morgan fingerprint density at radius 1 is 1.40 bits per heavy atom. The van der Waals surface area contributed by atoms with Gasteiger partial charge in [0, 0.05) is 18.2 Å². The summed E-state index contributed by atoms with van der Waals surface area (Å²) in [5.74, 6) is 0. The molecule has 20 heavy (non-hydrogen) atoms. The van der Waals surface area contributed by atoms with Crippen LogP contribution in [0.1, 0.15) is 57.6 Å². The van der Waals surface area contributed by atoms with Gasteiger partial charge in [0.1, 0.15) is 5.60 Å². The first-order valence-corrected chi connectivity index (χ1v) is 7.00. The van der Waals surface area contributed by atoms with E-state index in [2.05, 4.69) is 18.9 Å². The van der Waals surface area contributed by atoms with Gasteiger partial charge in [0.25, 0.3) is 0 Å². The van der Waals surface area contributed by atoms with Crippen LogP contribution in [0.2, 0.25) is 0 Å². The fraction of sp³-hybridized carbons (Fsp3) is 0.714. The Labute approximate surface area is 119 Å². The highest BCUT2D eigenvalue weighted by Crippen LogP contribution is 2.29. The lowest BCUT2D eigenvalue weighted by Gasteiger charge is -2.24. The Kier molecular flexibility index (Phi) is 3.77. The topological polar surface area (TPSA) is 73.4 Å². The Hall–Kier alpha value is -1.56. The summed E-state index contributed by atoms with van der Waals surface area (Å²) in [5, 5.41) is 4.53. The van der Waals surface area contributed by atoms with Gasteiger partial charge in [-0.05, 0) is 34.6 Å². The largest absolute Gasteiger partial charge is 0.444 e. The predicted octanol–water partition coefficient (Wildman–Crippen LogP) is 2.17. The molecule has 0 saturated carbocycles. The molecular weight excluding hydrogens is 256 g/mol. The smallest absolute Gasteiger partial charge is 0.410 e. The Bertz CT molecular complexity index is 514. The maximum Gasteiger partial charge on any atom is 0.410 e. The fourth-order valence-electron chi connectivity index (χ4n) is 2.38. The fourth-order valence-corrected chi connectivity index (χ4v) is 2.38. The predicted molar refractivity (Wildman–Crippen MR) is 76.0 cm³/mol. The highest BCUT2D eigenvalue weighted by Gasteiger charge is 2.33. The average molecular weight is 280 g/mol. The van der Waals surface area contributed by atoms with Gasteiger partial charge in [-0.2, -0.15) is 5.10 Å². The van der Waals surface area contributed by atoms with E-state index in [1.54, 1.807) is 4.90 Å². The van der Waals surface area contributed by atoms with Crippen LogP contribution in [0.3, 0.4) is 0 Å². The highest BCUT2D eigenvalue weighted by molar-refractivity contribution is 5.69. The van der Waals surface area contributed by atoms with Crippen LogP contribution >= 0.6 is 0 Å². The molecule has 2 heterocycles. The standard InChI is InChI=1S/C14H24N4O2/c1-9(2)18-12-8-17(13(19)20-14(3,4)5)7-10(12)11(6-15)16-18/h9H,6-8,15H2,1-5H3. The summed E-state index contributed by atoms with van der Waals surface area (Å²) < 4.78 is 7.38. The van der Waals surface area contributed by atoms with E-state index in [-0.39, 0.29) is 12.1 Å². The molecule has 0 aromatic carbocycles. The number of nitrogens with zero attached hydrogens (tertiary/aromatic N) is 3. The van der Waals surface area contributed by atoms with E-state index in [9.17, 15) is 4.79 Å². The van der Waals surface area contributed by atoms with Crippen molar-refractivity contribution in [2.24, 2.45) is 5.73 Å². The molecule has 0 saturated heterocycles. The summed E-state index contributed by atoms with van der Waals surface area (Å²) in [5.41, 5.74) is 8.30. The minimum absolute atomic E-state index is 0.252. The van der Waals surface area contributed by atoms with Gasteiger partial charge < -0.3 is 10.5 Å². The van der Waals surface area contributed by atoms with Crippen LogP contribution in [0.5, 0.6) is 0 Å². The van der Waals surface area contributed by atoms with E-state index in [4.69, 9.17) is 10.5 Å². The first kappa shape index (κ1) is 14.8. The van der Waals surface area contributed by atoms with Crippen molar-refractivity contribution in [3.63, 3.8) is 0 Å². The molecular formula is C14H24N4O2. The van der Waals surface area contributed by atoms with Crippen LogP contribution in [0.15, 0.2) is 0 Å². The lowest BCUT2D eigenvalue weighted by molar-refractivity contribution is 0.0237. The average Bonchev–Trinajstić information content (AvgIpc) is 2.83. The second-order valence-electron chi connectivity index (χ2n) is 6.45. The van der Waals surface area contributed by atoms with E-state index >= 15 is 0 Å². The van der Waals surface area contributed by atoms with Crippen molar-refractivity contribution in [3.8, 4) is 0 Å². The van der Waals surface area contributed by atoms with Gasteiger partial charge in [-0.3, -0.25) is 9.58 Å². The summed E-state index contributed by atoms with van der Waals surface area (Å²) in [4.78, 5) is 13.9. The SMILES string of the molecule is CC(C)n1nc(CN)c2c1CN(C(=O)OC(C)(C)C)C2. The number of rotatable bonds is 2. The molecule has 1 aromatic heterocycles. The van der Waals surface area contributed by atoms with Crippen molar-refractivity contribution in [2.75, 3.05) is 0 Å². The Morgan fingerprint density at radius 3 is 2.55 bits per heavy atom. The maximum atomic E-state index is 12.2. The number of carbonyl (C=O) groups excluding carboxylic acids is 1. The first-order valence-electron chi connectivity index (χ1n) is 7.00. The van der Waals surface area contributed by atoms with Crippen molar-refractivity contribution < 1.29 is 9.53 Å². The number of hydrogen-bond acceptors (Lipinski definition) is 4. The van der Waals surface area contributed by atoms with Gasteiger partial charge in [-0.1, -0.05) is 0 Å². The summed E-state index contributed by atoms with van der Waals surface area (Å²) in [7, 11) is 0. The number of carbonyl (C=O) groups is 1. The summed E-state index contributed by atoms with van der Waals surface area (Å²) in [6.45, 7) is 11.2. The zero-order valence-electron chi connectivity index (χ0n) is 12.9. The molecule has 112 valence electrons. The third-order valence-electron chi connectivity index (χ3n) is 3.23. The molecule has 2 rings (SSSR count). The van der Waals surface area contributed by atoms with E-state index in [0.29, 0.717) is 19.6 Å². The van der Waals surface area contributed by atoms with Gasteiger partial charge in [0.15, 0.2) is 0 Å². The molecule has 0 fully saturated rings.